The molecule has 0 fully saturated rings. The van der Waals surface area contributed by atoms with Crippen LogP contribution in [0, 0.1) is 5.82 Å². The summed E-state index contributed by atoms with van der Waals surface area (Å²) < 4.78 is 14.4. The van der Waals surface area contributed by atoms with Crippen LogP contribution < -0.4 is 5.73 Å². The second kappa shape index (κ2) is 5.08. The minimum absolute atomic E-state index is 0.161. The topological polar surface area (TPSA) is 26.0 Å². The number of thiophene rings is 1. The van der Waals surface area contributed by atoms with Gasteiger partial charge in [-0.05, 0) is 45.4 Å². The Kier molecular flexibility index (Phi) is 3.74. The third-order valence-corrected chi connectivity index (χ3v) is 4.38. The van der Waals surface area contributed by atoms with Crippen LogP contribution in [0.2, 0.25) is 0 Å². The molecule has 1 heterocycles. The van der Waals surface area contributed by atoms with E-state index in [-0.39, 0.29) is 11.9 Å². The molecule has 0 aliphatic rings. The molecule has 0 bridgehead atoms. The molecule has 16 heavy (non-hydrogen) atoms. The van der Waals surface area contributed by atoms with Gasteiger partial charge in [0.15, 0.2) is 0 Å². The summed E-state index contributed by atoms with van der Waals surface area (Å²) in [7, 11) is 0. The summed E-state index contributed by atoms with van der Waals surface area (Å²) in [4.78, 5) is 1.06. The van der Waals surface area contributed by atoms with Gasteiger partial charge in [-0.1, -0.05) is 18.2 Å². The van der Waals surface area contributed by atoms with Crippen LogP contribution in [0.5, 0.6) is 0 Å². The number of halogens is 2. The maximum atomic E-state index is 13.4. The lowest BCUT2D eigenvalue weighted by Gasteiger charge is -2.11. The lowest BCUT2D eigenvalue weighted by Crippen LogP contribution is -2.13. The van der Waals surface area contributed by atoms with E-state index in [9.17, 15) is 4.39 Å². The summed E-state index contributed by atoms with van der Waals surface area (Å²) in [6, 6.07) is 8.55. The molecule has 0 aliphatic heterocycles. The predicted molar refractivity (Wildman–Crippen MR) is 69.1 cm³/mol. The molecule has 2 rings (SSSR count). The zero-order chi connectivity index (χ0) is 11.5. The van der Waals surface area contributed by atoms with Gasteiger partial charge in [-0.3, -0.25) is 0 Å². The molecule has 2 aromatic rings. The molecule has 1 atom stereocenters. The van der Waals surface area contributed by atoms with Crippen molar-refractivity contribution in [1.82, 2.24) is 0 Å². The Morgan fingerprint density at radius 3 is 2.69 bits per heavy atom. The van der Waals surface area contributed by atoms with Crippen molar-refractivity contribution in [3.05, 3.63) is 56.4 Å². The highest BCUT2D eigenvalue weighted by Gasteiger charge is 2.13. The van der Waals surface area contributed by atoms with Gasteiger partial charge in [0, 0.05) is 15.4 Å². The molecule has 0 saturated carbocycles. The summed E-state index contributed by atoms with van der Waals surface area (Å²) in [5, 5.41) is 1.97. The van der Waals surface area contributed by atoms with Crippen molar-refractivity contribution in [3.8, 4) is 0 Å². The van der Waals surface area contributed by atoms with Gasteiger partial charge in [-0.2, -0.15) is 0 Å². The lowest BCUT2D eigenvalue weighted by molar-refractivity contribution is 0.595. The standard InChI is InChI=1S/C12H11BrFNS/c13-9-5-6-16-12(9)11(15)7-8-3-1-2-4-10(8)14/h1-6,11H,7,15H2. The smallest absolute Gasteiger partial charge is 0.126 e. The Morgan fingerprint density at radius 1 is 1.31 bits per heavy atom. The van der Waals surface area contributed by atoms with Gasteiger partial charge < -0.3 is 5.73 Å². The van der Waals surface area contributed by atoms with Crippen LogP contribution in [0.1, 0.15) is 16.5 Å². The first kappa shape index (κ1) is 11.8. The predicted octanol–water partition coefficient (Wildman–Crippen LogP) is 3.89. The van der Waals surface area contributed by atoms with Crippen LogP contribution in [-0.4, -0.2) is 0 Å². The molecule has 1 unspecified atom stereocenters. The molecular formula is C12H11BrFNS. The van der Waals surface area contributed by atoms with Gasteiger partial charge in [-0.15, -0.1) is 11.3 Å². The molecule has 4 heteroatoms. The third-order valence-electron chi connectivity index (χ3n) is 2.38. The van der Waals surface area contributed by atoms with Gasteiger partial charge in [0.1, 0.15) is 5.82 Å². The van der Waals surface area contributed by atoms with Crippen molar-refractivity contribution in [2.45, 2.75) is 12.5 Å². The van der Waals surface area contributed by atoms with E-state index < -0.39 is 0 Å². The fourth-order valence-corrected chi connectivity index (χ4v) is 3.23. The lowest BCUT2D eigenvalue weighted by atomic mass is 10.1. The highest BCUT2D eigenvalue weighted by atomic mass is 79.9. The molecule has 0 radical (unpaired) electrons. The number of hydrogen-bond acceptors (Lipinski definition) is 2. The van der Waals surface area contributed by atoms with Gasteiger partial charge in [0.05, 0.1) is 0 Å². The van der Waals surface area contributed by atoms with Crippen LogP contribution in [0.15, 0.2) is 40.2 Å². The fourth-order valence-electron chi connectivity index (χ4n) is 1.56. The van der Waals surface area contributed by atoms with E-state index in [4.69, 9.17) is 5.73 Å². The quantitative estimate of drug-likeness (QED) is 0.914. The van der Waals surface area contributed by atoms with Crippen molar-refractivity contribution in [3.63, 3.8) is 0 Å². The van der Waals surface area contributed by atoms with E-state index in [1.165, 1.54) is 6.07 Å². The summed E-state index contributed by atoms with van der Waals surface area (Å²) in [6.07, 6.45) is 0.520. The van der Waals surface area contributed by atoms with Crippen LogP contribution in [0.25, 0.3) is 0 Å². The molecule has 0 saturated heterocycles. The average Bonchev–Trinajstić information content (AvgIpc) is 2.68. The monoisotopic (exact) mass is 299 g/mol. The Labute approximate surface area is 106 Å². The van der Waals surface area contributed by atoms with Crippen LogP contribution >= 0.6 is 27.3 Å². The van der Waals surface area contributed by atoms with Crippen molar-refractivity contribution < 1.29 is 4.39 Å². The number of nitrogens with two attached hydrogens (primary N) is 1. The highest BCUT2D eigenvalue weighted by molar-refractivity contribution is 9.10. The van der Waals surface area contributed by atoms with Crippen LogP contribution in [0.4, 0.5) is 4.39 Å². The molecule has 0 aliphatic carbocycles. The van der Waals surface area contributed by atoms with Gasteiger partial charge in [-0.25, -0.2) is 4.39 Å². The van der Waals surface area contributed by atoms with E-state index in [1.807, 2.05) is 17.5 Å². The second-order valence-electron chi connectivity index (χ2n) is 3.53. The molecule has 1 nitrogen and oxygen atoms in total. The Balaban J connectivity index is 2.17. The summed E-state index contributed by atoms with van der Waals surface area (Å²) >= 11 is 5.02. The molecule has 0 amide bonds. The maximum Gasteiger partial charge on any atom is 0.126 e. The molecule has 1 aromatic heterocycles. The van der Waals surface area contributed by atoms with E-state index in [0.29, 0.717) is 12.0 Å². The number of hydrogen-bond donors (Lipinski definition) is 1. The van der Waals surface area contributed by atoms with E-state index in [0.717, 1.165) is 9.35 Å². The first-order chi connectivity index (χ1) is 7.68. The first-order valence-corrected chi connectivity index (χ1v) is 6.57. The van der Waals surface area contributed by atoms with Crippen LogP contribution in [-0.2, 0) is 6.42 Å². The van der Waals surface area contributed by atoms with Crippen LogP contribution in [0.3, 0.4) is 0 Å². The van der Waals surface area contributed by atoms with Crippen molar-refractivity contribution in [2.75, 3.05) is 0 Å². The summed E-state index contributed by atoms with van der Waals surface area (Å²) in [5.74, 6) is -0.189. The van der Waals surface area contributed by atoms with Gasteiger partial charge >= 0.3 is 0 Å². The van der Waals surface area contributed by atoms with Crippen molar-refractivity contribution in [2.24, 2.45) is 5.73 Å². The Hall–Kier alpha value is -0.710. The second-order valence-corrected chi connectivity index (χ2v) is 5.34. The molecule has 1 aromatic carbocycles. The normalized spacial score (nSPS) is 12.7. The minimum Gasteiger partial charge on any atom is -0.323 e. The number of rotatable bonds is 3. The fraction of sp³-hybridized carbons (Fsp3) is 0.167. The highest BCUT2D eigenvalue weighted by Crippen LogP contribution is 2.29. The van der Waals surface area contributed by atoms with Gasteiger partial charge in [0.2, 0.25) is 0 Å². The first-order valence-electron chi connectivity index (χ1n) is 4.90. The summed E-state index contributed by atoms with van der Waals surface area (Å²) in [5.41, 5.74) is 6.72. The van der Waals surface area contributed by atoms with E-state index >= 15 is 0 Å². The third kappa shape index (κ3) is 2.51. The van der Waals surface area contributed by atoms with Gasteiger partial charge in [0.25, 0.3) is 0 Å². The largest absolute Gasteiger partial charge is 0.323 e. The number of benzene rings is 1. The zero-order valence-corrected chi connectivity index (χ0v) is 10.9. The average molecular weight is 300 g/mol. The Morgan fingerprint density at radius 2 is 2.06 bits per heavy atom. The summed E-state index contributed by atoms with van der Waals surface area (Å²) in [6.45, 7) is 0. The molecule has 84 valence electrons. The molecule has 2 N–H and O–H groups in total. The maximum absolute atomic E-state index is 13.4. The molecular weight excluding hydrogens is 289 g/mol. The van der Waals surface area contributed by atoms with E-state index in [1.54, 1.807) is 23.5 Å². The van der Waals surface area contributed by atoms with E-state index in [2.05, 4.69) is 15.9 Å². The molecule has 0 spiro atoms. The van der Waals surface area contributed by atoms with Crippen molar-refractivity contribution in [1.29, 1.82) is 0 Å². The minimum atomic E-state index is -0.189. The van der Waals surface area contributed by atoms with Crippen molar-refractivity contribution >= 4 is 27.3 Å². The zero-order valence-electron chi connectivity index (χ0n) is 8.49. The Bertz CT molecular complexity index is 483. The SMILES string of the molecule is NC(Cc1ccccc1F)c1sccc1Br.